The molecule has 0 amide bonds. The third kappa shape index (κ3) is 3.01. The number of benzene rings is 1. The van der Waals surface area contributed by atoms with Crippen LogP contribution < -0.4 is 10.1 Å². The monoisotopic (exact) mass is 267 g/mol. The fraction of sp³-hybridized carbons (Fsp3) is 0.600. The van der Waals surface area contributed by atoms with E-state index >= 15 is 0 Å². The molecule has 1 rings (SSSR count). The Bertz CT molecular complexity index is 427. The second-order valence-corrected chi connectivity index (χ2v) is 5.81. The van der Waals surface area contributed by atoms with Crippen LogP contribution in [0.25, 0.3) is 0 Å². The smallest absolute Gasteiger partial charge is 0.124 e. The summed E-state index contributed by atoms with van der Waals surface area (Å²) in [5.74, 6) is 1.71. The molecule has 0 fully saturated rings. The molecule has 0 aliphatic rings. The zero-order chi connectivity index (χ0) is 13.9. The molecule has 0 aliphatic heterocycles. The SMILES string of the molecule is COc1c(C)cc(C(C)(C)CNCS)c(C)c1C. The zero-order valence-corrected chi connectivity index (χ0v) is 13.2. The molecule has 0 saturated heterocycles. The molecule has 0 heterocycles. The van der Waals surface area contributed by atoms with Gasteiger partial charge >= 0.3 is 0 Å². The predicted octanol–water partition coefficient (Wildman–Crippen LogP) is 3.37. The lowest BCUT2D eigenvalue weighted by Gasteiger charge is -2.29. The van der Waals surface area contributed by atoms with E-state index in [1.165, 1.54) is 22.3 Å². The first-order valence-electron chi connectivity index (χ1n) is 6.32. The maximum atomic E-state index is 5.48. The van der Waals surface area contributed by atoms with E-state index in [0.717, 1.165) is 12.3 Å². The number of nitrogens with one attached hydrogen (secondary N) is 1. The maximum Gasteiger partial charge on any atom is 0.124 e. The van der Waals surface area contributed by atoms with Crippen molar-refractivity contribution in [3.05, 3.63) is 28.3 Å². The largest absolute Gasteiger partial charge is 0.496 e. The van der Waals surface area contributed by atoms with Crippen molar-refractivity contribution in [2.45, 2.75) is 40.0 Å². The van der Waals surface area contributed by atoms with Gasteiger partial charge < -0.3 is 10.1 Å². The number of methoxy groups -OCH3 is 1. The first-order chi connectivity index (χ1) is 8.35. The topological polar surface area (TPSA) is 21.3 Å². The minimum Gasteiger partial charge on any atom is -0.496 e. The quantitative estimate of drug-likeness (QED) is 0.630. The second kappa shape index (κ2) is 5.98. The van der Waals surface area contributed by atoms with Crippen LogP contribution in [-0.4, -0.2) is 19.5 Å². The van der Waals surface area contributed by atoms with E-state index in [2.05, 4.69) is 58.6 Å². The summed E-state index contributed by atoms with van der Waals surface area (Å²) in [5.41, 5.74) is 5.24. The summed E-state index contributed by atoms with van der Waals surface area (Å²) in [6.07, 6.45) is 0. The van der Waals surface area contributed by atoms with Crippen molar-refractivity contribution < 1.29 is 4.74 Å². The van der Waals surface area contributed by atoms with Gasteiger partial charge in [0.05, 0.1) is 7.11 Å². The summed E-state index contributed by atoms with van der Waals surface area (Å²) in [6.45, 7) is 11.9. The fourth-order valence-electron chi connectivity index (χ4n) is 2.54. The number of hydrogen-bond acceptors (Lipinski definition) is 3. The Kier molecular flexibility index (Phi) is 5.11. The van der Waals surface area contributed by atoms with Crippen molar-refractivity contribution >= 4 is 12.6 Å². The molecule has 1 aromatic rings. The van der Waals surface area contributed by atoms with Crippen molar-refractivity contribution in [2.24, 2.45) is 0 Å². The Balaban J connectivity index is 3.25. The van der Waals surface area contributed by atoms with Gasteiger partial charge in [-0.3, -0.25) is 0 Å². The molecule has 0 bridgehead atoms. The molecular formula is C15H25NOS. The van der Waals surface area contributed by atoms with Gasteiger partial charge in [0.25, 0.3) is 0 Å². The van der Waals surface area contributed by atoms with Crippen molar-refractivity contribution in [3.63, 3.8) is 0 Å². The molecule has 102 valence electrons. The van der Waals surface area contributed by atoms with Crippen LogP contribution in [0.1, 0.15) is 36.1 Å². The molecule has 0 atom stereocenters. The van der Waals surface area contributed by atoms with Crippen LogP contribution in [0.2, 0.25) is 0 Å². The van der Waals surface area contributed by atoms with Crippen molar-refractivity contribution in [3.8, 4) is 5.75 Å². The van der Waals surface area contributed by atoms with Crippen molar-refractivity contribution in [1.29, 1.82) is 0 Å². The van der Waals surface area contributed by atoms with Crippen LogP contribution in [-0.2, 0) is 5.41 Å². The van der Waals surface area contributed by atoms with Gasteiger partial charge in [0.1, 0.15) is 5.75 Å². The highest BCUT2D eigenvalue weighted by Crippen LogP contribution is 2.34. The minimum atomic E-state index is 0.0919. The summed E-state index contributed by atoms with van der Waals surface area (Å²) in [4.78, 5) is 0. The zero-order valence-electron chi connectivity index (χ0n) is 12.3. The van der Waals surface area contributed by atoms with E-state index in [0.29, 0.717) is 5.88 Å². The number of thiol groups is 1. The first-order valence-corrected chi connectivity index (χ1v) is 6.95. The molecule has 1 aromatic carbocycles. The van der Waals surface area contributed by atoms with Crippen molar-refractivity contribution in [1.82, 2.24) is 5.32 Å². The molecule has 0 unspecified atom stereocenters. The Morgan fingerprint density at radius 2 is 1.83 bits per heavy atom. The highest BCUT2D eigenvalue weighted by atomic mass is 32.1. The van der Waals surface area contributed by atoms with E-state index in [4.69, 9.17) is 4.74 Å². The average Bonchev–Trinajstić information content (AvgIpc) is 2.32. The average molecular weight is 267 g/mol. The van der Waals surface area contributed by atoms with E-state index in [-0.39, 0.29) is 5.41 Å². The molecule has 0 saturated carbocycles. The number of rotatable bonds is 5. The van der Waals surface area contributed by atoms with E-state index in [1.807, 2.05) is 0 Å². The van der Waals surface area contributed by atoms with Crippen LogP contribution in [0.4, 0.5) is 0 Å². The standard InChI is InChI=1S/C15H25NOS/c1-10-7-13(15(4,5)8-16-9-18)11(2)12(3)14(10)17-6/h7,16,18H,8-9H2,1-6H3. The lowest BCUT2D eigenvalue weighted by atomic mass is 9.79. The van der Waals surface area contributed by atoms with Gasteiger partial charge in [0.15, 0.2) is 0 Å². The van der Waals surface area contributed by atoms with Gasteiger partial charge in [-0.1, -0.05) is 19.9 Å². The van der Waals surface area contributed by atoms with Gasteiger partial charge in [-0.2, -0.15) is 12.6 Å². The second-order valence-electron chi connectivity index (χ2n) is 5.49. The normalized spacial score (nSPS) is 11.7. The molecule has 0 radical (unpaired) electrons. The maximum absolute atomic E-state index is 5.48. The highest BCUT2D eigenvalue weighted by molar-refractivity contribution is 7.80. The summed E-state index contributed by atoms with van der Waals surface area (Å²) in [5, 5.41) is 3.31. The summed E-state index contributed by atoms with van der Waals surface area (Å²) in [6, 6.07) is 2.25. The Labute approximate surface area is 117 Å². The molecular weight excluding hydrogens is 242 g/mol. The van der Waals surface area contributed by atoms with Crippen LogP contribution in [0.5, 0.6) is 5.75 Å². The molecule has 0 aliphatic carbocycles. The van der Waals surface area contributed by atoms with E-state index < -0.39 is 0 Å². The van der Waals surface area contributed by atoms with Gasteiger partial charge in [-0.05, 0) is 43.0 Å². The summed E-state index contributed by atoms with van der Waals surface area (Å²) < 4.78 is 5.48. The third-order valence-electron chi connectivity index (χ3n) is 3.64. The molecule has 0 aromatic heterocycles. The van der Waals surface area contributed by atoms with E-state index in [1.54, 1.807) is 7.11 Å². The Morgan fingerprint density at radius 3 is 2.33 bits per heavy atom. The molecule has 0 spiro atoms. The highest BCUT2D eigenvalue weighted by Gasteiger charge is 2.24. The van der Waals surface area contributed by atoms with Crippen LogP contribution >= 0.6 is 12.6 Å². The number of hydrogen-bond donors (Lipinski definition) is 2. The van der Waals surface area contributed by atoms with Crippen LogP contribution in [0.3, 0.4) is 0 Å². The van der Waals surface area contributed by atoms with Crippen LogP contribution in [0.15, 0.2) is 6.07 Å². The molecule has 18 heavy (non-hydrogen) atoms. The lowest BCUT2D eigenvalue weighted by molar-refractivity contribution is 0.406. The number of ether oxygens (including phenoxy) is 1. The lowest BCUT2D eigenvalue weighted by Crippen LogP contribution is -2.33. The first kappa shape index (κ1) is 15.4. The fourth-order valence-corrected chi connectivity index (χ4v) is 2.65. The van der Waals surface area contributed by atoms with Crippen molar-refractivity contribution in [2.75, 3.05) is 19.5 Å². The molecule has 1 N–H and O–H groups in total. The summed E-state index contributed by atoms with van der Waals surface area (Å²) in [7, 11) is 1.74. The minimum absolute atomic E-state index is 0.0919. The van der Waals surface area contributed by atoms with Gasteiger partial charge in [-0.15, -0.1) is 0 Å². The van der Waals surface area contributed by atoms with E-state index in [9.17, 15) is 0 Å². The van der Waals surface area contributed by atoms with Gasteiger partial charge in [0.2, 0.25) is 0 Å². The predicted molar refractivity (Wildman–Crippen MR) is 82.1 cm³/mol. The summed E-state index contributed by atoms with van der Waals surface area (Å²) >= 11 is 4.21. The van der Waals surface area contributed by atoms with Gasteiger partial charge in [0, 0.05) is 17.8 Å². The Hall–Kier alpha value is -0.670. The number of aryl methyl sites for hydroxylation is 1. The van der Waals surface area contributed by atoms with Crippen LogP contribution in [0, 0.1) is 20.8 Å². The Morgan fingerprint density at radius 1 is 1.22 bits per heavy atom. The third-order valence-corrected chi connectivity index (χ3v) is 3.86. The van der Waals surface area contributed by atoms with Gasteiger partial charge in [-0.25, -0.2) is 0 Å². The molecule has 3 heteroatoms. The molecule has 2 nitrogen and oxygen atoms in total.